The number of benzene rings is 3. The second kappa shape index (κ2) is 11.0. The van der Waals surface area contributed by atoms with E-state index in [-0.39, 0.29) is 11.3 Å². The number of carbonyl (C=O) groups excluding carboxylic acids is 2. The molecule has 1 heterocycles. The van der Waals surface area contributed by atoms with Crippen LogP contribution in [0.5, 0.6) is 0 Å². The monoisotopic (exact) mass is 507 g/mol. The zero-order chi connectivity index (χ0) is 26.6. The van der Waals surface area contributed by atoms with E-state index in [4.69, 9.17) is 0 Å². The molecule has 4 aromatic rings. The molecule has 0 aliphatic rings. The number of hydrogen-bond donors (Lipinski definition) is 3. The summed E-state index contributed by atoms with van der Waals surface area (Å²) in [6.45, 7) is 3.50. The Kier molecular flexibility index (Phi) is 7.78. The van der Waals surface area contributed by atoms with Crippen LogP contribution in [0.1, 0.15) is 50.4 Å². The molecule has 0 aliphatic carbocycles. The van der Waals surface area contributed by atoms with Crippen molar-refractivity contribution >= 4 is 22.6 Å². The van der Waals surface area contributed by atoms with Gasteiger partial charge in [-0.15, -0.1) is 0 Å². The van der Waals surface area contributed by atoms with Crippen LogP contribution in [0, 0.1) is 6.92 Å². The third-order valence-electron chi connectivity index (χ3n) is 6.33. The lowest BCUT2D eigenvalue weighted by atomic mass is 9.96. The molecule has 0 saturated carbocycles. The lowest BCUT2D eigenvalue weighted by Gasteiger charge is -2.18. The molecule has 192 valence electrons. The van der Waals surface area contributed by atoms with Crippen LogP contribution in [0.3, 0.4) is 0 Å². The molecule has 37 heavy (non-hydrogen) atoms. The lowest BCUT2D eigenvalue weighted by molar-refractivity contribution is -0.149. The summed E-state index contributed by atoms with van der Waals surface area (Å²) in [5.41, 5.74) is 4.16. The molecule has 8 heteroatoms. The van der Waals surface area contributed by atoms with Crippen molar-refractivity contribution in [3.63, 3.8) is 0 Å². The number of rotatable bonds is 9. The van der Waals surface area contributed by atoms with Crippen molar-refractivity contribution < 1.29 is 22.8 Å². The van der Waals surface area contributed by atoms with Gasteiger partial charge in [0.1, 0.15) is 6.04 Å². The minimum atomic E-state index is -4.54. The summed E-state index contributed by atoms with van der Waals surface area (Å²) in [6.07, 6.45) is -2.21. The first-order valence-electron chi connectivity index (χ1n) is 12.0. The van der Waals surface area contributed by atoms with Gasteiger partial charge >= 0.3 is 6.18 Å². The molecule has 1 amide bonds. The van der Waals surface area contributed by atoms with Crippen molar-refractivity contribution in [2.45, 2.75) is 38.5 Å². The first kappa shape index (κ1) is 26.2. The average Bonchev–Trinajstić information content (AvgIpc) is 3.30. The van der Waals surface area contributed by atoms with Gasteiger partial charge < -0.3 is 15.6 Å². The summed E-state index contributed by atoms with van der Waals surface area (Å²) in [7, 11) is 0. The summed E-state index contributed by atoms with van der Waals surface area (Å²) in [4.78, 5) is 29.0. The van der Waals surface area contributed by atoms with Gasteiger partial charge in [-0.1, -0.05) is 66.2 Å². The predicted molar refractivity (Wildman–Crippen MR) is 138 cm³/mol. The van der Waals surface area contributed by atoms with E-state index in [1.807, 2.05) is 42.6 Å². The van der Waals surface area contributed by atoms with Crippen LogP contribution < -0.4 is 10.6 Å². The Hall–Kier alpha value is -3.91. The van der Waals surface area contributed by atoms with Gasteiger partial charge in [0.15, 0.2) is 5.78 Å². The fraction of sp³-hybridized carbons (Fsp3) is 0.241. The maximum Gasteiger partial charge on any atom is 0.408 e. The molecule has 2 atom stereocenters. The van der Waals surface area contributed by atoms with Crippen LogP contribution in [-0.2, 0) is 6.42 Å². The quantitative estimate of drug-likeness (QED) is 0.247. The van der Waals surface area contributed by atoms with Crippen molar-refractivity contribution in [3.8, 4) is 0 Å². The molecule has 0 unspecified atom stereocenters. The maximum atomic E-state index is 13.7. The largest absolute Gasteiger partial charge is 0.408 e. The number of hydrogen-bond acceptors (Lipinski definition) is 3. The number of nitrogens with one attached hydrogen (secondary N) is 3. The van der Waals surface area contributed by atoms with Gasteiger partial charge in [-0.2, -0.15) is 13.2 Å². The van der Waals surface area contributed by atoms with E-state index >= 15 is 0 Å². The Bertz CT molecular complexity index is 1380. The van der Waals surface area contributed by atoms with Gasteiger partial charge in [-0.05, 0) is 43.5 Å². The second-order valence-electron chi connectivity index (χ2n) is 9.10. The molecule has 5 nitrogen and oxygen atoms in total. The molecule has 4 rings (SSSR count). The highest BCUT2D eigenvalue weighted by molar-refractivity contribution is 6.11. The van der Waals surface area contributed by atoms with Crippen LogP contribution >= 0.6 is 0 Å². The molecular formula is C29H28F3N3O2. The third-order valence-corrected chi connectivity index (χ3v) is 6.33. The van der Waals surface area contributed by atoms with Crippen molar-refractivity contribution in [3.05, 3.63) is 107 Å². The molecule has 3 N–H and O–H groups in total. The van der Waals surface area contributed by atoms with E-state index in [2.05, 4.69) is 34.6 Å². The fourth-order valence-electron chi connectivity index (χ4n) is 4.11. The summed E-state index contributed by atoms with van der Waals surface area (Å²) < 4.78 is 38.5. The smallest absolute Gasteiger partial charge is 0.360 e. The molecule has 1 aromatic heterocycles. The van der Waals surface area contributed by atoms with Crippen LogP contribution in [-0.4, -0.2) is 35.4 Å². The Morgan fingerprint density at radius 2 is 1.68 bits per heavy atom. The van der Waals surface area contributed by atoms with E-state index in [9.17, 15) is 22.8 Å². The second-order valence-corrected chi connectivity index (χ2v) is 9.10. The standard InChI is InChI=1S/C29H28F3N3O2/c1-18-8-10-20(11-9-18)14-15-33-26(21-6-4-3-5-7-21)27(36)24-17-34-25-16-22(12-13-23(24)25)28(37)35-19(2)29(30,31)32/h3-13,16-17,19,26,33-34H,14-15H2,1-2H3,(H,35,37)/t19-,26+/m1/s1. The van der Waals surface area contributed by atoms with Crippen LogP contribution in [0.25, 0.3) is 10.9 Å². The number of fused-ring (bicyclic) bond motifs is 1. The van der Waals surface area contributed by atoms with Gasteiger partial charge in [0.2, 0.25) is 0 Å². The molecule has 0 spiro atoms. The number of Topliss-reactive ketones (excluding diaryl/α,β-unsaturated/α-hetero) is 1. The van der Waals surface area contributed by atoms with Crippen molar-refractivity contribution in [2.75, 3.05) is 6.54 Å². The van der Waals surface area contributed by atoms with Crippen molar-refractivity contribution in [2.24, 2.45) is 0 Å². The summed E-state index contributed by atoms with van der Waals surface area (Å²) >= 11 is 0. The summed E-state index contributed by atoms with van der Waals surface area (Å²) in [5.74, 6) is -0.988. The van der Waals surface area contributed by atoms with E-state index < -0.39 is 24.2 Å². The number of carbonyl (C=O) groups is 2. The normalized spacial score (nSPS) is 13.3. The minimum Gasteiger partial charge on any atom is -0.360 e. The fourth-order valence-corrected chi connectivity index (χ4v) is 4.11. The van der Waals surface area contributed by atoms with Crippen LogP contribution in [0.2, 0.25) is 0 Å². The summed E-state index contributed by atoms with van der Waals surface area (Å²) in [5, 5.41) is 5.93. The number of ketones is 1. The molecule has 0 bridgehead atoms. The molecular weight excluding hydrogens is 479 g/mol. The SMILES string of the molecule is Cc1ccc(CCN[C@H](C(=O)c2c[nH]c3cc(C(=O)N[C@H](C)C(F)(F)F)ccc23)c2ccccc2)cc1. The molecule has 0 aliphatic heterocycles. The number of amides is 1. The first-order valence-corrected chi connectivity index (χ1v) is 12.0. The van der Waals surface area contributed by atoms with Gasteiger partial charge in [0.25, 0.3) is 5.91 Å². The van der Waals surface area contributed by atoms with Gasteiger partial charge in [-0.25, -0.2) is 0 Å². The zero-order valence-electron chi connectivity index (χ0n) is 20.5. The van der Waals surface area contributed by atoms with E-state index in [1.165, 1.54) is 17.7 Å². The Morgan fingerprint density at radius 1 is 0.973 bits per heavy atom. The number of aromatic nitrogens is 1. The Morgan fingerprint density at radius 3 is 2.35 bits per heavy atom. The predicted octanol–water partition coefficient (Wildman–Crippen LogP) is 5.91. The molecule has 0 saturated heterocycles. The topological polar surface area (TPSA) is 74.0 Å². The highest BCUT2D eigenvalue weighted by Crippen LogP contribution is 2.26. The number of aryl methyl sites for hydroxylation is 1. The third kappa shape index (κ3) is 6.27. The van der Waals surface area contributed by atoms with Crippen LogP contribution in [0.15, 0.2) is 79.0 Å². The Balaban J connectivity index is 1.54. The molecule has 0 fully saturated rings. The van der Waals surface area contributed by atoms with E-state index in [0.29, 0.717) is 23.0 Å². The van der Waals surface area contributed by atoms with Gasteiger partial charge in [0.05, 0.1) is 6.04 Å². The Labute approximate surface area is 213 Å². The first-order chi connectivity index (χ1) is 17.6. The number of alkyl halides is 3. The highest BCUT2D eigenvalue weighted by atomic mass is 19.4. The summed E-state index contributed by atoms with van der Waals surface area (Å²) in [6, 6.07) is 19.5. The maximum absolute atomic E-state index is 13.7. The van der Waals surface area contributed by atoms with Crippen molar-refractivity contribution in [1.29, 1.82) is 0 Å². The van der Waals surface area contributed by atoms with E-state index in [0.717, 1.165) is 24.5 Å². The minimum absolute atomic E-state index is 0.0697. The van der Waals surface area contributed by atoms with Crippen molar-refractivity contribution in [1.82, 2.24) is 15.6 Å². The number of halogens is 3. The zero-order valence-corrected chi connectivity index (χ0v) is 20.5. The number of H-pyrrole nitrogens is 1. The van der Waals surface area contributed by atoms with Crippen LogP contribution in [0.4, 0.5) is 13.2 Å². The van der Waals surface area contributed by atoms with Gasteiger partial charge in [0, 0.05) is 34.8 Å². The van der Waals surface area contributed by atoms with E-state index in [1.54, 1.807) is 12.3 Å². The average molecular weight is 508 g/mol. The number of aromatic amines is 1. The lowest BCUT2D eigenvalue weighted by Crippen LogP contribution is -2.43. The molecule has 3 aromatic carbocycles. The molecule has 0 radical (unpaired) electrons. The van der Waals surface area contributed by atoms with Gasteiger partial charge in [-0.3, -0.25) is 9.59 Å². The highest BCUT2D eigenvalue weighted by Gasteiger charge is 2.37.